The van der Waals surface area contributed by atoms with Crippen LogP contribution >= 0.6 is 11.8 Å². The highest BCUT2D eigenvalue weighted by Gasteiger charge is 2.08. The van der Waals surface area contributed by atoms with Crippen LogP contribution < -0.4 is 11.1 Å². The van der Waals surface area contributed by atoms with Crippen molar-refractivity contribution in [1.29, 1.82) is 5.26 Å². The molecule has 2 heterocycles. The minimum absolute atomic E-state index is 0.112. The van der Waals surface area contributed by atoms with Gasteiger partial charge >= 0.3 is 0 Å². The van der Waals surface area contributed by atoms with E-state index in [1.54, 1.807) is 18.4 Å². The van der Waals surface area contributed by atoms with Crippen LogP contribution in [0.3, 0.4) is 0 Å². The normalized spacial score (nSPS) is 9.95. The summed E-state index contributed by atoms with van der Waals surface area (Å²) in [7, 11) is 0. The molecule has 0 radical (unpaired) electrons. The molecule has 0 fully saturated rings. The van der Waals surface area contributed by atoms with E-state index in [0.29, 0.717) is 17.5 Å². The zero-order valence-electron chi connectivity index (χ0n) is 10.4. The number of rotatable bonds is 5. The van der Waals surface area contributed by atoms with Crippen LogP contribution in [0.5, 0.6) is 0 Å². The van der Waals surface area contributed by atoms with E-state index in [1.165, 1.54) is 6.20 Å². The van der Waals surface area contributed by atoms with Gasteiger partial charge in [0.2, 0.25) is 5.91 Å². The minimum Gasteiger partial charge on any atom is -0.467 e. The molecule has 8 heteroatoms. The Bertz CT molecular complexity index is 636. The Morgan fingerprint density at radius 2 is 2.45 bits per heavy atom. The maximum atomic E-state index is 11.6. The number of nitrogens with zero attached hydrogens (tertiary/aromatic N) is 3. The highest BCUT2D eigenvalue weighted by atomic mass is 32.2. The van der Waals surface area contributed by atoms with Gasteiger partial charge in [-0.15, -0.1) is 0 Å². The Hall–Kier alpha value is -2.53. The van der Waals surface area contributed by atoms with Crippen LogP contribution in [-0.4, -0.2) is 21.6 Å². The molecule has 2 rings (SSSR count). The molecule has 0 unspecified atom stereocenters. The number of nitriles is 1. The predicted molar refractivity (Wildman–Crippen MR) is 72.4 cm³/mol. The van der Waals surface area contributed by atoms with E-state index in [2.05, 4.69) is 15.3 Å². The van der Waals surface area contributed by atoms with Crippen molar-refractivity contribution in [2.45, 2.75) is 11.7 Å². The summed E-state index contributed by atoms with van der Waals surface area (Å²) in [4.78, 5) is 19.5. The molecular formula is C12H11N5O2S. The zero-order valence-corrected chi connectivity index (χ0v) is 11.2. The fourth-order valence-corrected chi connectivity index (χ4v) is 1.97. The third-order valence-corrected chi connectivity index (χ3v) is 3.15. The molecule has 102 valence electrons. The SMILES string of the molecule is N#Cc1cnc(SCC(=O)NCc2ccco2)nc1N. The lowest BCUT2D eigenvalue weighted by Crippen LogP contribution is -2.24. The maximum Gasteiger partial charge on any atom is 0.230 e. The number of anilines is 1. The monoisotopic (exact) mass is 289 g/mol. The molecule has 0 aliphatic rings. The molecule has 3 N–H and O–H groups in total. The van der Waals surface area contributed by atoms with Crippen LogP contribution in [-0.2, 0) is 11.3 Å². The first-order chi connectivity index (χ1) is 9.69. The van der Waals surface area contributed by atoms with Crippen LogP contribution in [0.2, 0.25) is 0 Å². The van der Waals surface area contributed by atoms with Gasteiger partial charge in [0.1, 0.15) is 23.2 Å². The number of nitrogens with one attached hydrogen (secondary N) is 1. The van der Waals surface area contributed by atoms with Gasteiger partial charge in [0.25, 0.3) is 0 Å². The van der Waals surface area contributed by atoms with Crippen LogP contribution in [0.25, 0.3) is 0 Å². The van der Waals surface area contributed by atoms with E-state index < -0.39 is 0 Å². The third kappa shape index (κ3) is 3.73. The van der Waals surface area contributed by atoms with E-state index in [9.17, 15) is 4.79 Å². The third-order valence-electron chi connectivity index (χ3n) is 2.29. The van der Waals surface area contributed by atoms with E-state index in [4.69, 9.17) is 15.4 Å². The first-order valence-electron chi connectivity index (χ1n) is 5.63. The van der Waals surface area contributed by atoms with Gasteiger partial charge in [-0.3, -0.25) is 4.79 Å². The van der Waals surface area contributed by atoms with Crippen LogP contribution in [0.4, 0.5) is 5.82 Å². The molecular weight excluding hydrogens is 278 g/mol. The second-order valence-electron chi connectivity index (χ2n) is 3.71. The number of furan rings is 1. The van der Waals surface area contributed by atoms with Crippen molar-refractivity contribution in [2.75, 3.05) is 11.5 Å². The summed E-state index contributed by atoms with van der Waals surface area (Å²) in [6.07, 6.45) is 2.88. The van der Waals surface area contributed by atoms with Gasteiger partial charge in [0, 0.05) is 0 Å². The van der Waals surface area contributed by atoms with Gasteiger partial charge in [-0.05, 0) is 12.1 Å². The topological polar surface area (TPSA) is 118 Å². The van der Waals surface area contributed by atoms with Crippen molar-refractivity contribution in [3.05, 3.63) is 35.9 Å². The fourth-order valence-electron chi connectivity index (χ4n) is 1.31. The Kier molecular flexibility index (Phi) is 4.57. The highest BCUT2D eigenvalue weighted by Crippen LogP contribution is 2.15. The molecule has 2 aromatic heterocycles. The largest absolute Gasteiger partial charge is 0.467 e. The van der Waals surface area contributed by atoms with Gasteiger partial charge < -0.3 is 15.5 Å². The number of carbonyl (C=O) groups excluding carboxylic acids is 1. The molecule has 7 nitrogen and oxygen atoms in total. The second-order valence-corrected chi connectivity index (χ2v) is 4.65. The average molecular weight is 289 g/mol. The molecule has 0 aliphatic carbocycles. The molecule has 0 aliphatic heterocycles. The first kappa shape index (κ1) is 13.9. The quantitative estimate of drug-likeness (QED) is 0.621. The standard InChI is InChI=1S/C12H11N5O2S/c13-4-8-5-16-12(17-11(8)14)20-7-10(18)15-6-9-2-1-3-19-9/h1-3,5H,6-7H2,(H,15,18)(H2,14,16,17). The molecule has 1 amide bonds. The number of hydrogen-bond acceptors (Lipinski definition) is 7. The lowest BCUT2D eigenvalue weighted by atomic mass is 10.3. The van der Waals surface area contributed by atoms with Crippen molar-refractivity contribution >= 4 is 23.5 Å². The Morgan fingerprint density at radius 1 is 1.60 bits per heavy atom. The van der Waals surface area contributed by atoms with E-state index >= 15 is 0 Å². The molecule has 20 heavy (non-hydrogen) atoms. The second kappa shape index (κ2) is 6.58. The summed E-state index contributed by atoms with van der Waals surface area (Å²) in [5.41, 5.74) is 5.78. The zero-order chi connectivity index (χ0) is 14.4. The fraction of sp³-hybridized carbons (Fsp3) is 0.167. The maximum absolute atomic E-state index is 11.6. The van der Waals surface area contributed by atoms with Crippen molar-refractivity contribution in [1.82, 2.24) is 15.3 Å². The number of nitrogen functional groups attached to an aromatic ring is 1. The summed E-state index contributed by atoms with van der Waals surface area (Å²) in [6.45, 7) is 0.336. The average Bonchev–Trinajstić information content (AvgIpc) is 2.96. The van der Waals surface area contributed by atoms with Gasteiger partial charge in [0.15, 0.2) is 5.16 Å². The number of thioether (sulfide) groups is 1. The van der Waals surface area contributed by atoms with Crippen molar-refractivity contribution in [2.24, 2.45) is 0 Å². The molecule has 0 atom stereocenters. The Labute approximate surface area is 119 Å². The number of hydrogen-bond donors (Lipinski definition) is 2. The number of amides is 1. The van der Waals surface area contributed by atoms with E-state index in [0.717, 1.165) is 11.8 Å². The van der Waals surface area contributed by atoms with Crippen molar-refractivity contribution in [3.63, 3.8) is 0 Å². The van der Waals surface area contributed by atoms with Gasteiger partial charge in [0.05, 0.1) is 24.8 Å². The minimum atomic E-state index is -0.169. The van der Waals surface area contributed by atoms with Gasteiger partial charge in [-0.1, -0.05) is 11.8 Å². The summed E-state index contributed by atoms with van der Waals surface area (Å²) in [6, 6.07) is 5.40. The summed E-state index contributed by atoms with van der Waals surface area (Å²) in [5, 5.41) is 11.8. The first-order valence-corrected chi connectivity index (χ1v) is 6.62. The molecule has 0 spiro atoms. The summed E-state index contributed by atoms with van der Waals surface area (Å²) < 4.78 is 5.09. The smallest absolute Gasteiger partial charge is 0.230 e. The van der Waals surface area contributed by atoms with E-state index in [1.807, 2.05) is 6.07 Å². The van der Waals surface area contributed by atoms with Gasteiger partial charge in [-0.25, -0.2) is 9.97 Å². The lowest BCUT2D eigenvalue weighted by molar-refractivity contribution is -0.118. The molecule has 0 aromatic carbocycles. The molecule has 0 saturated heterocycles. The Balaban J connectivity index is 1.81. The predicted octanol–water partition coefficient (Wildman–Crippen LogP) is 0.932. The summed E-state index contributed by atoms with van der Waals surface area (Å²) in [5.74, 6) is 0.785. The van der Waals surface area contributed by atoms with Crippen molar-refractivity contribution in [3.8, 4) is 6.07 Å². The molecule has 0 saturated carbocycles. The van der Waals surface area contributed by atoms with E-state index in [-0.39, 0.29) is 23.0 Å². The molecule has 2 aromatic rings. The van der Waals surface area contributed by atoms with Crippen LogP contribution in [0.15, 0.2) is 34.2 Å². The lowest BCUT2D eigenvalue weighted by Gasteiger charge is -2.03. The van der Waals surface area contributed by atoms with Crippen LogP contribution in [0, 0.1) is 11.3 Å². The van der Waals surface area contributed by atoms with Crippen molar-refractivity contribution < 1.29 is 9.21 Å². The van der Waals surface area contributed by atoms with Crippen LogP contribution in [0.1, 0.15) is 11.3 Å². The number of carbonyl (C=O) groups is 1. The van der Waals surface area contributed by atoms with Gasteiger partial charge in [-0.2, -0.15) is 5.26 Å². The molecule has 0 bridgehead atoms. The Morgan fingerprint density at radius 3 is 3.10 bits per heavy atom. The number of aromatic nitrogens is 2. The summed E-state index contributed by atoms with van der Waals surface area (Å²) >= 11 is 1.14. The highest BCUT2D eigenvalue weighted by molar-refractivity contribution is 7.99. The number of nitrogens with two attached hydrogens (primary N) is 1.